The number of H-pyrrole nitrogens is 1. The molecule has 1 amide bonds. The Morgan fingerprint density at radius 1 is 1.09 bits per heavy atom. The summed E-state index contributed by atoms with van der Waals surface area (Å²) in [6.07, 6.45) is 2.19. The summed E-state index contributed by atoms with van der Waals surface area (Å²) < 4.78 is 0. The normalized spacial score (nSPS) is 10.4. The lowest BCUT2D eigenvalue weighted by molar-refractivity contribution is -0.115. The van der Waals surface area contributed by atoms with Crippen molar-refractivity contribution < 1.29 is 4.79 Å². The average molecular weight is 323 g/mol. The predicted molar refractivity (Wildman–Crippen MR) is 94.4 cm³/mol. The molecule has 0 radical (unpaired) electrons. The molecule has 0 saturated carbocycles. The Labute approximate surface area is 139 Å². The lowest BCUT2D eigenvalue weighted by atomic mass is 10.1. The van der Waals surface area contributed by atoms with E-state index < -0.39 is 0 Å². The molecular formula is C18H17N3OS. The van der Waals surface area contributed by atoms with Crippen molar-refractivity contribution >= 4 is 23.4 Å². The molecular weight excluding hydrogens is 306 g/mol. The number of thioether (sulfide) groups is 1. The molecule has 2 aromatic carbocycles. The van der Waals surface area contributed by atoms with Crippen LogP contribution in [-0.2, 0) is 4.79 Å². The molecule has 3 aromatic rings. The summed E-state index contributed by atoms with van der Waals surface area (Å²) in [5, 5.41) is 9.81. The number of aromatic nitrogens is 2. The van der Waals surface area contributed by atoms with Gasteiger partial charge in [-0.25, -0.2) is 0 Å². The average Bonchev–Trinajstić information content (AvgIpc) is 3.11. The minimum Gasteiger partial charge on any atom is -0.326 e. The second kappa shape index (κ2) is 7.65. The Morgan fingerprint density at radius 2 is 1.96 bits per heavy atom. The van der Waals surface area contributed by atoms with Crippen molar-refractivity contribution in [2.24, 2.45) is 0 Å². The molecule has 1 aromatic heterocycles. The quantitative estimate of drug-likeness (QED) is 0.669. The molecule has 0 aliphatic carbocycles. The zero-order chi connectivity index (χ0) is 15.9. The summed E-state index contributed by atoms with van der Waals surface area (Å²) in [6.45, 7) is 0. The van der Waals surface area contributed by atoms with Crippen molar-refractivity contribution in [2.45, 2.75) is 11.3 Å². The van der Waals surface area contributed by atoms with Gasteiger partial charge in [0.1, 0.15) is 0 Å². The second-order valence-corrected chi connectivity index (χ2v) is 6.18. The zero-order valence-corrected chi connectivity index (χ0v) is 13.3. The fraction of sp³-hybridized carbons (Fsp3) is 0.111. The van der Waals surface area contributed by atoms with E-state index in [1.165, 1.54) is 4.90 Å². The number of hydrogen-bond acceptors (Lipinski definition) is 3. The summed E-state index contributed by atoms with van der Waals surface area (Å²) in [6, 6.07) is 19.7. The van der Waals surface area contributed by atoms with Crippen LogP contribution in [0.1, 0.15) is 6.42 Å². The topological polar surface area (TPSA) is 57.8 Å². The van der Waals surface area contributed by atoms with Crippen LogP contribution in [0.2, 0.25) is 0 Å². The van der Waals surface area contributed by atoms with E-state index in [-0.39, 0.29) is 5.91 Å². The number of hydrogen-bond donors (Lipinski definition) is 2. The summed E-state index contributed by atoms with van der Waals surface area (Å²) in [4.78, 5) is 13.2. The number of carbonyl (C=O) groups is 1. The standard InChI is InChI=1S/C18H17N3OS/c22-18(10-12-23-16-7-2-1-3-8-16)20-15-6-4-5-14(13-15)17-9-11-19-21-17/h1-9,11,13H,10,12H2,(H,19,21)(H,20,22). The van der Waals surface area contributed by atoms with Crippen molar-refractivity contribution in [3.63, 3.8) is 0 Å². The van der Waals surface area contributed by atoms with Crippen LogP contribution in [0.4, 0.5) is 5.69 Å². The van der Waals surface area contributed by atoms with E-state index in [0.29, 0.717) is 6.42 Å². The van der Waals surface area contributed by atoms with Crippen molar-refractivity contribution in [2.75, 3.05) is 11.1 Å². The predicted octanol–water partition coefficient (Wildman–Crippen LogP) is 4.20. The van der Waals surface area contributed by atoms with Gasteiger partial charge < -0.3 is 5.32 Å². The van der Waals surface area contributed by atoms with Crippen LogP contribution in [0.15, 0.2) is 71.8 Å². The van der Waals surface area contributed by atoms with Gasteiger partial charge in [-0.15, -0.1) is 11.8 Å². The van der Waals surface area contributed by atoms with Crippen molar-refractivity contribution in [1.82, 2.24) is 10.2 Å². The van der Waals surface area contributed by atoms with Crippen molar-refractivity contribution in [3.8, 4) is 11.3 Å². The van der Waals surface area contributed by atoms with Crippen molar-refractivity contribution in [1.29, 1.82) is 0 Å². The van der Waals surface area contributed by atoms with Crippen LogP contribution >= 0.6 is 11.8 Å². The molecule has 0 saturated heterocycles. The van der Waals surface area contributed by atoms with E-state index in [4.69, 9.17) is 0 Å². The molecule has 0 fully saturated rings. The maximum atomic E-state index is 12.1. The lowest BCUT2D eigenvalue weighted by Gasteiger charge is -2.07. The van der Waals surface area contributed by atoms with E-state index in [1.807, 2.05) is 48.5 Å². The molecule has 1 heterocycles. The first kappa shape index (κ1) is 15.4. The molecule has 4 nitrogen and oxygen atoms in total. The van der Waals surface area contributed by atoms with Crippen LogP contribution in [0.25, 0.3) is 11.3 Å². The zero-order valence-electron chi connectivity index (χ0n) is 12.5. The van der Waals surface area contributed by atoms with Gasteiger partial charge in [0, 0.05) is 34.5 Å². The Kier molecular flexibility index (Phi) is 5.11. The summed E-state index contributed by atoms with van der Waals surface area (Å²) in [7, 11) is 0. The maximum Gasteiger partial charge on any atom is 0.225 e. The minimum atomic E-state index is 0.0233. The molecule has 0 spiro atoms. The largest absolute Gasteiger partial charge is 0.326 e. The van der Waals surface area contributed by atoms with Gasteiger partial charge in [0.05, 0.1) is 5.69 Å². The van der Waals surface area contributed by atoms with Crippen LogP contribution < -0.4 is 5.32 Å². The van der Waals surface area contributed by atoms with E-state index in [2.05, 4.69) is 27.6 Å². The smallest absolute Gasteiger partial charge is 0.225 e. The Balaban J connectivity index is 1.53. The highest BCUT2D eigenvalue weighted by molar-refractivity contribution is 7.99. The molecule has 0 unspecified atom stereocenters. The van der Waals surface area contributed by atoms with E-state index in [0.717, 1.165) is 22.7 Å². The van der Waals surface area contributed by atoms with Gasteiger partial charge in [-0.3, -0.25) is 9.89 Å². The first-order chi connectivity index (χ1) is 11.3. The third-order valence-electron chi connectivity index (χ3n) is 3.30. The van der Waals surface area contributed by atoms with Crippen LogP contribution in [-0.4, -0.2) is 21.9 Å². The molecule has 0 aliphatic rings. The lowest BCUT2D eigenvalue weighted by Crippen LogP contribution is -2.12. The molecule has 5 heteroatoms. The van der Waals surface area contributed by atoms with E-state index in [1.54, 1.807) is 18.0 Å². The first-order valence-corrected chi connectivity index (χ1v) is 8.37. The number of anilines is 1. The van der Waals surface area contributed by atoms with E-state index in [9.17, 15) is 4.79 Å². The third kappa shape index (κ3) is 4.47. The Hall–Kier alpha value is -2.53. The molecule has 2 N–H and O–H groups in total. The maximum absolute atomic E-state index is 12.1. The summed E-state index contributed by atoms with van der Waals surface area (Å²) in [5.74, 6) is 0.783. The summed E-state index contributed by atoms with van der Waals surface area (Å²) >= 11 is 1.69. The van der Waals surface area contributed by atoms with Gasteiger partial charge in [-0.2, -0.15) is 5.10 Å². The number of nitrogens with one attached hydrogen (secondary N) is 2. The monoisotopic (exact) mass is 323 g/mol. The van der Waals surface area contributed by atoms with Crippen LogP contribution in [0.5, 0.6) is 0 Å². The SMILES string of the molecule is O=C(CCSc1ccccc1)Nc1cccc(-c2ccn[nH]2)c1. The highest BCUT2D eigenvalue weighted by Crippen LogP contribution is 2.21. The molecule has 3 rings (SSSR count). The fourth-order valence-corrected chi connectivity index (χ4v) is 3.06. The van der Waals surface area contributed by atoms with Crippen LogP contribution in [0, 0.1) is 0 Å². The molecule has 116 valence electrons. The molecule has 0 bridgehead atoms. The van der Waals surface area contributed by atoms with Gasteiger partial charge in [-0.1, -0.05) is 30.3 Å². The Morgan fingerprint density at radius 3 is 2.74 bits per heavy atom. The molecule has 0 aliphatic heterocycles. The molecule has 23 heavy (non-hydrogen) atoms. The highest BCUT2D eigenvalue weighted by atomic mass is 32.2. The Bertz CT molecular complexity index is 757. The highest BCUT2D eigenvalue weighted by Gasteiger charge is 2.05. The number of aromatic amines is 1. The van der Waals surface area contributed by atoms with Gasteiger partial charge in [0.2, 0.25) is 5.91 Å². The van der Waals surface area contributed by atoms with Gasteiger partial charge in [0.15, 0.2) is 0 Å². The number of amides is 1. The number of carbonyl (C=O) groups excluding carboxylic acids is 1. The first-order valence-electron chi connectivity index (χ1n) is 7.39. The number of rotatable bonds is 6. The van der Waals surface area contributed by atoms with Gasteiger partial charge in [0.25, 0.3) is 0 Å². The van der Waals surface area contributed by atoms with Crippen molar-refractivity contribution in [3.05, 3.63) is 66.9 Å². The second-order valence-electron chi connectivity index (χ2n) is 5.01. The molecule has 0 atom stereocenters. The van der Waals surface area contributed by atoms with Crippen LogP contribution in [0.3, 0.4) is 0 Å². The fourth-order valence-electron chi connectivity index (χ4n) is 2.18. The number of nitrogens with zero attached hydrogens (tertiary/aromatic N) is 1. The minimum absolute atomic E-state index is 0.0233. The summed E-state index contributed by atoms with van der Waals surface area (Å²) in [5.41, 5.74) is 2.73. The third-order valence-corrected chi connectivity index (χ3v) is 4.31. The van der Waals surface area contributed by atoms with E-state index >= 15 is 0 Å². The number of benzene rings is 2. The van der Waals surface area contributed by atoms with Gasteiger partial charge >= 0.3 is 0 Å². The van der Waals surface area contributed by atoms with Gasteiger partial charge in [-0.05, 0) is 30.3 Å².